The van der Waals surface area contributed by atoms with Crippen molar-refractivity contribution in [3.05, 3.63) is 152 Å². The number of nitrogens with zero attached hydrogens (tertiary/aromatic N) is 6. The second-order valence-corrected chi connectivity index (χ2v) is 15.7. The highest BCUT2D eigenvalue weighted by Gasteiger charge is 2.34. The number of morpholine rings is 1. The number of carbonyl (C=O) groups is 1. The van der Waals surface area contributed by atoms with E-state index in [2.05, 4.69) is 29.2 Å². The maximum Gasteiger partial charge on any atom is 0.265 e. The van der Waals surface area contributed by atoms with Crippen LogP contribution < -0.4 is 10.3 Å². The molecule has 0 unspecified atom stereocenters. The van der Waals surface area contributed by atoms with E-state index in [0.29, 0.717) is 81.8 Å². The molecule has 3 aromatic heterocycles. The molecule has 1 fully saturated rings. The SMILES string of the molecule is Cc1c(-n2c(=O)c3cc(-c4cc(Cl)ccc4C(=O)N4Cc5ccccc5C[C@H]4CN4CCOCC4)n(C)c3c3cc(OCc4ccccc4)ccc32)cc(C#N)n1C. The molecule has 11 heteroatoms. The van der Waals surface area contributed by atoms with Crippen molar-refractivity contribution < 1.29 is 14.3 Å². The molecule has 7 aromatic rings. The Morgan fingerprint density at radius 3 is 2.41 bits per heavy atom. The van der Waals surface area contributed by atoms with Crippen LogP contribution in [0.25, 0.3) is 38.8 Å². The Labute approximate surface area is 341 Å². The summed E-state index contributed by atoms with van der Waals surface area (Å²) in [5.41, 5.74) is 8.22. The monoisotopic (exact) mass is 790 g/mol. The molecule has 0 bridgehead atoms. The summed E-state index contributed by atoms with van der Waals surface area (Å²) in [5.74, 6) is 0.552. The summed E-state index contributed by atoms with van der Waals surface area (Å²) in [6, 6.07) is 35.3. The number of ether oxygens (including phenoxy) is 2. The Balaban J connectivity index is 1.20. The third-order valence-electron chi connectivity index (χ3n) is 11.9. The Bertz CT molecular complexity index is 2830. The summed E-state index contributed by atoms with van der Waals surface area (Å²) in [6.45, 7) is 6.52. The fraction of sp³-hybridized carbons (Fsp3) is 0.255. The molecular weight excluding hydrogens is 748 g/mol. The number of carbonyl (C=O) groups excluding carboxylic acids is 1. The molecule has 58 heavy (non-hydrogen) atoms. The maximum absolute atomic E-state index is 15.1. The van der Waals surface area contributed by atoms with Crippen molar-refractivity contribution in [3.8, 4) is 28.8 Å². The van der Waals surface area contributed by atoms with E-state index in [-0.39, 0.29) is 17.5 Å². The molecule has 1 amide bonds. The smallest absolute Gasteiger partial charge is 0.265 e. The molecule has 292 valence electrons. The quantitative estimate of drug-likeness (QED) is 0.156. The number of fused-ring (bicyclic) bond motifs is 4. The minimum Gasteiger partial charge on any atom is -0.489 e. The minimum absolute atomic E-state index is 0.0469. The van der Waals surface area contributed by atoms with Crippen LogP contribution in [0.5, 0.6) is 5.75 Å². The van der Waals surface area contributed by atoms with E-state index in [0.717, 1.165) is 48.3 Å². The molecule has 0 N–H and O–H groups in total. The van der Waals surface area contributed by atoms with Crippen molar-refractivity contribution in [1.82, 2.24) is 23.5 Å². The summed E-state index contributed by atoms with van der Waals surface area (Å²) in [6.07, 6.45) is 0.753. The van der Waals surface area contributed by atoms with Crippen molar-refractivity contribution in [2.45, 2.75) is 32.5 Å². The second-order valence-electron chi connectivity index (χ2n) is 15.3. The lowest BCUT2D eigenvalue weighted by molar-refractivity contribution is 0.0193. The minimum atomic E-state index is -0.242. The van der Waals surface area contributed by atoms with Crippen LogP contribution in [0.1, 0.15) is 38.4 Å². The van der Waals surface area contributed by atoms with Gasteiger partial charge in [0, 0.05) is 79.2 Å². The first-order valence-electron chi connectivity index (χ1n) is 19.6. The van der Waals surface area contributed by atoms with Crippen molar-refractivity contribution in [1.29, 1.82) is 5.26 Å². The van der Waals surface area contributed by atoms with E-state index in [1.807, 2.05) is 103 Å². The lowest BCUT2D eigenvalue weighted by Gasteiger charge is -2.40. The average molecular weight is 791 g/mol. The fourth-order valence-electron chi connectivity index (χ4n) is 8.71. The average Bonchev–Trinajstić information content (AvgIpc) is 3.75. The third-order valence-corrected chi connectivity index (χ3v) is 12.2. The summed E-state index contributed by atoms with van der Waals surface area (Å²) >= 11 is 6.75. The first kappa shape index (κ1) is 37.5. The molecule has 0 spiro atoms. The van der Waals surface area contributed by atoms with Gasteiger partial charge in [0.15, 0.2) is 0 Å². The Morgan fingerprint density at radius 2 is 1.66 bits per heavy atom. The van der Waals surface area contributed by atoms with E-state index in [4.69, 9.17) is 21.1 Å². The lowest BCUT2D eigenvalue weighted by Crippen LogP contribution is -2.52. The highest BCUT2D eigenvalue weighted by molar-refractivity contribution is 6.31. The van der Waals surface area contributed by atoms with E-state index in [1.54, 1.807) is 21.3 Å². The molecule has 0 aliphatic carbocycles. The lowest BCUT2D eigenvalue weighted by atomic mass is 9.92. The molecule has 1 saturated heterocycles. The van der Waals surface area contributed by atoms with Crippen molar-refractivity contribution in [2.24, 2.45) is 14.1 Å². The molecule has 0 saturated carbocycles. The number of aromatic nitrogens is 3. The van der Waals surface area contributed by atoms with Crippen molar-refractivity contribution in [3.63, 3.8) is 0 Å². The predicted octanol–water partition coefficient (Wildman–Crippen LogP) is 7.80. The largest absolute Gasteiger partial charge is 0.489 e. The van der Waals surface area contributed by atoms with Gasteiger partial charge in [-0.1, -0.05) is 66.2 Å². The van der Waals surface area contributed by atoms with Gasteiger partial charge in [0.2, 0.25) is 0 Å². The summed E-state index contributed by atoms with van der Waals surface area (Å²) in [4.78, 5) is 34.4. The number of aryl methyl sites for hydroxylation is 1. The van der Waals surface area contributed by atoms with Crippen molar-refractivity contribution >= 4 is 39.3 Å². The summed E-state index contributed by atoms with van der Waals surface area (Å²) < 4.78 is 17.4. The van der Waals surface area contributed by atoms with Crippen LogP contribution >= 0.6 is 11.6 Å². The molecule has 2 aliphatic rings. The van der Waals surface area contributed by atoms with Gasteiger partial charge in [-0.3, -0.25) is 19.1 Å². The standard InChI is InChI=1S/C47H43ClN6O4/c1-30-43(23-35(26-49)50(30)2)54-42-16-14-37(58-29-31-9-5-4-6-10-31)24-40(42)45-41(47(54)56)25-44(51(45)3)39-22-34(48)13-15-38(39)46(55)53-27-33-12-8-7-11-32(33)21-36(53)28-52-17-19-57-20-18-52/h4-16,22-25,36H,17-21,27-29H2,1-3H3/t36-/m0/s1. The van der Waals surface area contributed by atoms with Crippen LogP contribution in [-0.4, -0.2) is 68.3 Å². The maximum atomic E-state index is 15.1. The number of pyridine rings is 1. The number of nitriles is 1. The van der Waals surface area contributed by atoms with Gasteiger partial charge in [0.1, 0.15) is 24.1 Å². The van der Waals surface area contributed by atoms with E-state index in [9.17, 15) is 10.1 Å². The van der Waals surface area contributed by atoms with Crippen LogP contribution in [0.3, 0.4) is 0 Å². The van der Waals surface area contributed by atoms with E-state index < -0.39 is 0 Å². The number of benzene rings is 4. The predicted molar refractivity (Wildman–Crippen MR) is 227 cm³/mol. The Morgan fingerprint density at radius 1 is 0.897 bits per heavy atom. The van der Waals surface area contributed by atoms with Crippen LogP contribution in [-0.2, 0) is 38.4 Å². The van der Waals surface area contributed by atoms with Crippen LogP contribution in [0.2, 0.25) is 5.02 Å². The van der Waals surface area contributed by atoms with Crippen LogP contribution in [0, 0.1) is 18.3 Å². The fourth-order valence-corrected chi connectivity index (χ4v) is 8.88. The first-order valence-corrected chi connectivity index (χ1v) is 20.0. The van der Waals surface area contributed by atoms with Gasteiger partial charge in [-0.2, -0.15) is 5.26 Å². The van der Waals surface area contributed by atoms with Gasteiger partial charge >= 0.3 is 0 Å². The number of hydrogen-bond acceptors (Lipinski definition) is 6. The van der Waals surface area contributed by atoms with E-state index >= 15 is 4.79 Å². The topological polar surface area (TPSA) is 97.7 Å². The van der Waals surface area contributed by atoms with E-state index in [1.165, 1.54) is 5.56 Å². The zero-order chi connectivity index (χ0) is 40.1. The Hall–Kier alpha value is -6.12. The molecule has 10 nitrogen and oxygen atoms in total. The van der Waals surface area contributed by atoms with Crippen molar-refractivity contribution in [2.75, 3.05) is 32.8 Å². The van der Waals surface area contributed by atoms with Crippen LogP contribution in [0.15, 0.2) is 108 Å². The normalized spacial score (nSPS) is 15.8. The summed E-state index contributed by atoms with van der Waals surface area (Å²) in [7, 11) is 3.75. The highest BCUT2D eigenvalue weighted by atomic mass is 35.5. The third kappa shape index (κ3) is 6.65. The van der Waals surface area contributed by atoms with Gasteiger partial charge < -0.3 is 23.5 Å². The molecular formula is C47H43ClN6O4. The van der Waals surface area contributed by atoms with Crippen LogP contribution in [0.4, 0.5) is 0 Å². The molecule has 2 aliphatic heterocycles. The summed E-state index contributed by atoms with van der Waals surface area (Å²) in [5, 5.41) is 11.6. The second kappa shape index (κ2) is 15.3. The van der Waals surface area contributed by atoms with Gasteiger partial charge in [-0.05, 0) is 78.6 Å². The zero-order valence-electron chi connectivity index (χ0n) is 32.7. The Kier molecular flexibility index (Phi) is 9.90. The zero-order valence-corrected chi connectivity index (χ0v) is 33.5. The molecule has 1 atom stereocenters. The number of hydrogen-bond donors (Lipinski definition) is 0. The number of rotatable bonds is 8. The van der Waals surface area contributed by atoms with Gasteiger partial charge in [-0.25, -0.2) is 0 Å². The molecule has 5 heterocycles. The first-order chi connectivity index (χ1) is 28.2. The van der Waals surface area contributed by atoms with Gasteiger partial charge in [0.05, 0.1) is 35.3 Å². The number of halogens is 1. The highest BCUT2D eigenvalue weighted by Crippen LogP contribution is 2.37. The molecule has 4 aromatic carbocycles. The molecule has 0 radical (unpaired) electrons. The van der Waals surface area contributed by atoms with Gasteiger partial charge in [-0.15, -0.1) is 0 Å². The van der Waals surface area contributed by atoms with Gasteiger partial charge in [0.25, 0.3) is 11.5 Å². The molecule has 9 rings (SSSR count). The number of amides is 1.